The summed E-state index contributed by atoms with van der Waals surface area (Å²) in [5.41, 5.74) is 2.07. The van der Waals surface area contributed by atoms with Crippen LogP contribution in [0.5, 0.6) is 5.88 Å². The molecule has 0 saturated carbocycles. The van der Waals surface area contributed by atoms with Crippen molar-refractivity contribution in [3.8, 4) is 17.0 Å². The lowest BCUT2D eigenvalue weighted by atomic mass is 10.0. The quantitative estimate of drug-likeness (QED) is 0.283. The third-order valence-corrected chi connectivity index (χ3v) is 8.20. The van der Waals surface area contributed by atoms with E-state index in [-0.39, 0.29) is 29.9 Å². The van der Waals surface area contributed by atoms with Crippen molar-refractivity contribution in [2.24, 2.45) is 0 Å². The van der Waals surface area contributed by atoms with Crippen LogP contribution in [-0.2, 0) is 19.6 Å². The van der Waals surface area contributed by atoms with Crippen molar-refractivity contribution in [3.05, 3.63) is 79.0 Å². The molecule has 1 amide bonds. The third-order valence-electron chi connectivity index (χ3n) is 6.80. The van der Waals surface area contributed by atoms with Gasteiger partial charge in [-0.2, -0.15) is 0 Å². The van der Waals surface area contributed by atoms with Crippen molar-refractivity contribution in [2.75, 3.05) is 42.4 Å². The van der Waals surface area contributed by atoms with E-state index in [0.29, 0.717) is 48.6 Å². The predicted octanol–water partition coefficient (Wildman–Crippen LogP) is 3.82. The monoisotopic (exact) mass is 604 g/mol. The number of pyridine rings is 1. The number of carbonyl (C=O) groups is 2. The molecule has 0 aliphatic carbocycles. The van der Waals surface area contributed by atoms with Crippen LogP contribution >= 0.6 is 0 Å². The molecule has 5 rings (SSSR count). The van der Waals surface area contributed by atoms with E-state index in [1.165, 1.54) is 43.6 Å². The summed E-state index contributed by atoms with van der Waals surface area (Å²) in [5.74, 6) is -0.530. The number of amides is 1. The first-order chi connectivity index (χ1) is 20.7. The zero-order chi connectivity index (χ0) is 30.6. The Bertz CT molecular complexity index is 1820. The van der Waals surface area contributed by atoms with Crippen molar-refractivity contribution >= 4 is 44.1 Å². The standard InChI is InChI=1S/C30H29FN6O5S/c1-3-42-30-26(35-43(40,41)27-7-5-4-6-24(27)31)17-22(18-32-30)21-9-10-25-23(16-21)29(34-19-33-25)37-14-12-36(13-15-37)28(39)11-8-20(2)38/h4-11,16-19,35H,3,12-15H2,1-2H3/b11-8+. The van der Waals surface area contributed by atoms with E-state index in [1.807, 2.05) is 18.2 Å². The fraction of sp³-hybridized carbons (Fsp3) is 0.233. The van der Waals surface area contributed by atoms with Crippen LogP contribution in [0.1, 0.15) is 13.8 Å². The number of hydrogen-bond acceptors (Lipinski definition) is 9. The van der Waals surface area contributed by atoms with Crippen molar-refractivity contribution in [1.29, 1.82) is 0 Å². The zero-order valence-corrected chi connectivity index (χ0v) is 24.3. The first-order valence-electron chi connectivity index (χ1n) is 13.5. The second-order valence-electron chi connectivity index (χ2n) is 9.73. The molecule has 1 aliphatic rings. The molecule has 4 aromatic rings. The topological polar surface area (TPSA) is 135 Å². The Morgan fingerprint density at radius 3 is 2.49 bits per heavy atom. The highest BCUT2D eigenvalue weighted by Crippen LogP contribution is 2.33. The molecule has 1 N–H and O–H groups in total. The van der Waals surface area contributed by atoms with Crippen LogP contribution < -0.4 is 14.4 Å². The van der Waals surface area contributed by atoms with Crippen LogP contribution in [0.15, 0.2) is 78.1 Å². The number of sulfonamides is 1. The van der Waals surface area contributed by atoms with Crippen molar-refractivity contribution in [3.63, 3.8) is 0 Å². The minimum atomic E-state index is -4.28. The molecule has 13 heteroatoms. The Kier molecular flexibility index (Phi) is 8.62. The highest BCUT2D eigenvalue weighted by Gasteiger charge is 2.24. The van der Waals surface area contributed by atoms with E-state index in [1.54, 1.807) is 24.1 Å². The minimum absolute atomic E-state index is 0.0570. The molecular formula is C30H29FN6O5S. The van der Waals surface area contributed by atoms with Crippen molar-refractivity contribution in [2.45, 2.75) is 18.7 Å². The second kappa shape index (κ2) is 12.5. The molecule has 0 atom stereocenters. The van der Waals surface area contributed by atoms with Gasteiger partial charge in [0.15, 0.2) is 5.78 Å². The fourth-order valence-electron chi connectivity index (χ4n) is 4.70. The fourth-order valence-corrected chi connectivity index (χ4v) is 5.83. The number of nitrogens with one attached hydrogen (secondary N) is 1. The summed E-state index contributed by atoms with van der Waals surface area (Å²) in [5, 5.41) is 0.763. The van der Waals surface area contributed by atoms with Gasteiger partial charge in [0, 0.05) is 49.4 Å². The van der Waals surface area contributed by atoms with Crippen molar-refractivity contribution in [1.82, 2.24) is 19.9 Å². The van der Waals surface area contributed by atoms with Crippen LogP contribution in [0.2, 0.25) is 0 Å². The molecule has 0 spiro atoms. The lowest BCUT2D eigenvalue weighted by molar-refractivity contribution is -0.126. The van der Waals surface area contributed by atoms with Gasteiger partial charge in [-0.1, -0.05) is 18.2 Å². The molecule has 0 radical (unpaired) electrons. The number of piperazine rings is 1. The Balaban J connectivity index is 1.45. The number of ketones is 1. The summed E-state index contributed by atoms with van der Waals surface area (Å²) in [4.78, 5) is 40.1. The first-order valence-corrected chi connectivity index (χ1v) is 15.0. The maximum atomic E-state index is 14.3. The Labute approximate surface area is 248 Å². The number of aromatic nitrogens is 3. The summed E-state index contributed by atoms with van der Waals surface area (Å²) < 4.78 is 48.4. The molecule has 1 fully saturated rings. The van der Waals surface area contributed by atoms with Gasteiger partial charge in [0.05, 0.1) is 12.1 Å². The number of anilines is 2. The maximum Gasteiger partial charge on any atom is 0.264 e. The lowest BCUT2D eigenvalue weighted by Crippen LogP contribution is -2.48. The number of hydrogen-bond donors (Lipinski definition) is 1. The van der Waals surface area contributed by atoms with Gasteiger partial charge in [-0.25, -0.2) is 27.8 Å². The van der Waals surface area contributed by atoms with Crippen LogP contribution in [-0.4, -0.2) is 72.7 Å². The average molecular weight is 605 g/mol. The van der Waals surface area contributed by atoms with Gasteiger partial charge in [-0.15, -0.1) is 0 Å². The van der Waals surface area contributed by atoms with Crippen molar-refractivity contribution < 1.29 is 27.1 Å². The van der Waals surface area contributed by atoms with Gasteiger partial charge in [0.1, 0.15) is 28.5 Å². The number of halogens is 1. The average Bonchev–Trinajstić information content (AvgIpc) is 3.00. The first kappa shape index (κ1) is 29.6. The summed E-state index contributed by atoms with van der Waals surface area (Å²) in [6.07, 6.45) is 5.61. The number of allylic oxidation sites excluding steroid dienone is 1. The number of nitrogens with zero attached hydrogens (tertiary/aromatic N) is 5. The Morgan fingerprint density at radius 2 is 1.77 bits per heavy atom. The largest absolute Gasteiger partial charge is 0.476 e. The summed E-state index contributed by atoms with van der Waals surface area (Å²) >= 11 is 0. The van der Waals surface area contributed by atoms with Gasteiger partial charge in [0.2, 0.25) is 11.8 Å². The molecule has 3 heterocycles. The number of rotatable bonds is 9. The van der Waals surface area contributed by atoms with E-state index in [9.17, 15) is 22.4 Å². The molecule has 1 aliphatic heterocycles. The smallest absolute Gasteiger partial charge is 0.264 e. The highest BCUT2D eigenvalue weighted by molar-refractivity contribution is 7.92. The Hall–Kier alpha value is -4.91. The highest BCUT2D eigenvalue weighted by atomic mass is 32.2. The van der Waals surface area contributed by atoms with Crippen LogP contribution in [0, 0.1) is 5.82 Å². The molecule has 0 unspecified atom stereocenters. The van der Waals surface area contributed by atoms with Gasteiger partial charge in [0.25, 0.3) is 10.0 Å². The van der Waals surface area contributed by atoms with Gasteiger partial charge in [-0.05, 0) is 55.8 Å². The second-order valence-corrected chi connectivity index (χ2v) is 11.4. The zero-order valence-electron chi connectivity index (χ0n) is 23.5. The summed E-state index contributed by atoms with van der Waals surface area (Å²) in [7, 11) is -4.28. The summed E-state index contributed by atoms with van der Waals surface area (Å²) in [6.45, 7) is 5.36. The van der Waals surface area contributed by atoms with E-state index >= 15 is 0 Å². The van der Waals surface area contributed by atoms with Crippen LogP contribution in [0.25, 0.3) is 22.0 Å². The predicted molar refractivity (Wildman–Crippen MR) is 160 cm³/mol. The normalized spacial score (nSPS) is 13.8. The molecule has 11 nitrogen and oxygen atoms in total. The van der Waals surface area contributed by atoms with Gasteiger partial charge in [-0.3, -0.25) is 14.3 Å². The summed E-state index contributed by atoms with van der Waals surface area (Å²) in [6, 6.07) is 12.3. The van der Waals surface area contributed by atoms with E-state index in [0.717, 1.165) is 11.5 Å². The molecule has 2 aromatic heterocycles. The molecular weight excluding hydrogens is 575 g/mol. The lowest BCUT2D eigenvalue weighted by Gasteiger charge is -2.35. The van der Waals surface area contributed by atoms with Gasteiger partial charge < -0.3 is 14.5 Å². The van der Waals surface area contributed by atoms with Crippen LogP contribution in [0.4, 0.5) is 15.9 Å². The maximum absolute atomic E-state index is 14.3. The minimum Gasteiger partial charge on any atom is -0.476 e. The molecule has 222 valence electrons. The SMILES string of the molecule is CCOc1ncc(-c2ccc3ncnc(N4CCN(C(=O)/C=C/C(C)=O)CC4)c3c2)cc1NS(=O)(=O)c1ccccc1F. The molecule has 0 bridgehead atoms. The number of ether oxygens (including phenoxy) is 1. The number of benzene rings is 2. The van der Waals surface area contributed by atoms with Gasteiger partial charge >= 0.3 is 0 Å². The molecule has 43 heavy (non-hydrogen) atoms. The molecule has 1 saturated heterocycles. The van der Waals surface area contributed by atoms with E-state index < -0.39 is 20.7 Å². The van der Waals surface area contributed by atoms with E-state index in [2.05, 4.69) is 24.6 Å². The van der Waals surface area contributed by atoms with Crippen LogP contribution in [0.3, 0.4) is 0 Å². The number of fused-ring (bicyclic) bond motifs is 1. The third kappa shape index (κ3) is 6.61. The Morgan fingerprint density at radius 1 is 1.00 bits per heavy atom. The number of carbonyl (C=O) groups excluding carboxylic acids is 2. The van der Waals surface area contributed by atoms with E-state index in [4.69, 9.17) is 4.74 Å². The molecule has 2 aromatic carbocycles.